The third-order valence-electron chi connectivity index (χ3n) is 4.56. The number of hydrogen-bond acceptors (Lipinski definition) is 5. The minimum atomic E-state index is -0.263. The zero-order valence-electron chi connectivity index (χ0n) is 15.1. The van der Waals surface area contributed by atoms with Crippen LogP contribution in [0.2, 0.25) is 0 Å². The van der Waals surface area contributed by atoms with E-state index in [1.54, 1.807) is 14.0 Å². The second-order valence-corrected chi connectivity index (χ2v) is 7.38. The summed E-state index contributed by atoms with van der Waals surface area (Å²) in [5.41, 5.74) is 1.31. The Morgan fingerprint density at radius 3 is 2.65 bits per heavy atom. The van der Waals surface area contributed by atoms with Gasteiger partial charge in [-0.05, 0) is 31.4 Å². The summed E-state index contributed by atoms with van der Waals surface area (Å²) in [6.45, 7) is 3.73. The van der Waals surface area contributed by atoms with E-state index in [0.29, 0.717) is 15.4 Å². The lowest BCUT2D eigenvalue weighted by Gasteiger charge is -2.34. The second kappa shape index (κ2) is 7.41. The largest absolute Gasteiger partial charge is 0.354 e. The van der Waals surface area contributed by atoms with E-state index in [1.165, 1.54) is 18.3 Å². The SMILES string of the molecule is CNC(=O)c1sc2nc(C3CCCCN3C(C)=O)ccc2c1NC(C)=O. The Bertz CT molecular complexity index is 877. The van der Waals surface area contributed by atoms with Gasteiger partial charge in [-0.15, -0.1) is 11.3 Å². The third-order valence-corrected chi connectivity index (χ3v) is 5.66. The first-order chi connectivity index (χ1) is 12.4. The highest BCUT2D eigenvalue weighted by molar-refractivity contribution is 7.21. The molecule has 1 aliphatic heterocycles. The highest BCUT2D eigenvalue weighted by Crippen LogP contribution is 2.37. The first kappa shape index (κ1) is 18.3. The van der Waals surface area contributed by atoms with Crippen LogP contribution >= 0.6 is 11.3 Å². The first-order valence-electron chi connectivity index (χ1n) is 8.62. The number of likely N-dealkylation sites (tertiary alicyclic amines) is 1. The number of pyridine rings is 1. The van der Waals surface area contributed by atoms with Crippen LogP contribution in [0.4, 0.5) is 5.69 Å². The summed E-state index contributed by atoms with van der Waals surface area (Å²) < 4.78 is 0. The van der Waals surface area contributed by atoms with Crippen LogP contribution in [0, 0.1) is 0 Å². The molecule has 3 rings (SSSR count). The number of fused-ring (bicyclic) bond motifs is 1. The maximum absolute atomic E-state index is 12.2. The minimum absolute atomic E-state index is 0.0413. The molecule has 1 fully saturated rings. The Kier molecular flexibility index (Phi) is 5.22. The van der Waals surface area contributed by atoms with Gasteiger partial charge in [-0.25, -0.2) is 4.98 Å². The fraction of sp³-hybridized carbons (Fsp3) is 0.444. The van der Waals surface area contributed by atoms with Crippen molar-refractivity contribution in [3.63, 3.8) is 0 Å². The monoisotopic (exact) mass is 374 g/mol. The molecule has 138 valence electrons. The number of anilines is 1. The maximum Gasteiger partial charge on any atom is 0.263 e. The molecule has 0 aliphatic carbocycles. The molecule has 0 aromatic carbocycles. The van der Waals surface area contributed by atoms with Gasteiger partial charge in [-0.1, -0.05) is 0 Å². The van der Waals surface area contributed by atoms with E-state index in [1.807, 2.05) is 17.0 Å². The molecular formula is C18H22N4O3S. The van der Waals surface area contributed by atoms with Crippen LogP contribution in [-0.4, -0.2) is 41.2 Å². The molecule has 8 heteroatoms. The van der Waals surface area contributed by atoms with E-state index in [2.05, 4.69) is 10.6 Å². The van der Waals surface area contributed by atoms with Gasteiger partial charge in [-0.3, -0.25) is 14.4 Å². The Morgan fingerprint density at radius 1 is 1.23 bits per heavy atom. The van der Waals surface area contributed by atoms with E-state index in [4.69, 9.17) is 4.98 Å². The van der Waals surface area contributed by atoms with Gasteiger partial charge in [0.15, 0.2) is 0 Å². The predicted octanol–water partition coefficient (Wildman–Crippen LogP) is 2.69. The maximum atomic E-state index is 12.2. The fourth-order valence-corrected chi connectivity index (χ4v) is 4.45. The van der Waals surface area contributed by atoms with Gasteiger partial charge in [0.2, 0.25) is 11.8 Å². The number of aromatic nitrogens is 1. The summed E-state index contributed by atoms with van der Waals surface area (Å²) in [6.07, 6.45) is 2.94. The van der Waals surface area contributed by atoms with Crippen molar-refractivity contribution in [3.8, 4) is 0 Å². The van der Waals surface area contributed by atoms with E-state index in [0.717, 1.165) is 36.9 Å². The van der Waals surface area contributed by atoms with Crippen LogP contribution in [0.25, 0.3) is 10.2 Å². The highest BCUT2D eigenvalue weighted by Gasteiger charge is 2.28. The van der Waals surface area contributed by atoms with E-state index < -0.39 is 0 Å². The van der Waals surface area contributed by atoms with Gasteiger partial charge < -0.3 is 15.5 Å². The predicted molar refractivity (Wildman–Crippen MR) is 101 cm³/mol. The van der Waals surface area contributed by atoms with Gasteiger partial charge in [0, 0.05) is 32.8 Å². The quantitative estimate of drug-likeness (QED) is 0.864. The van der Waals surface area contributed by atoms with Gasteiger partial charge >= 0.3 is 0 Å². The Balaban J connectivity index is 2.07. The number of carbonyl (C=O) groups is 3. The lowest BCUT2D eigenvalue weighted by Crippen LogP contribution is -2.37. The van der Waals surface area contributed by atoms with Crippen molar-refractivity contribution < 1.29 is 14.4 Å². The molecule has 26 heavy (non-hydrogen) atoms. The number of nitrogens with one attached hydrogen (secondary N) is 2. The molecule has 1 unspecified atom stereocenters. The highest BCUT2D eigenvalue weighted by atomic mass is 32.1. The number of piperidine rings is 1. The molecule has 3 amide bonds. The lowest BCUT2D eigenvalue weighted by molar-refractivity contribution is -0.132. The Morgan fingerprint density at radius 2 is 2.00 bits per heavy atom. The van der Waals surface area contributed by atoms with Crippen LogP contribution in [0.3, 0.4) is 0 Å². The molecule has 0 bridgehead atoms. The smallest absolute Gasteiger partial charge is 0.263 e. The molecule has 0 spiro atoms. The van der Waals surface area contributed by atoms with Gasteiger partial charge in [0.05, 0.1) is 17.4 Å². The zero-order chi connectivity index (χ0) is 18.8. The number of rotatable bonds is 3. The molecule has 1 saturated heterocycles. The minimum Gasteiger partial charge on any atom is -0.354 e. The Labute approximate surface area is 155 Å². The summed E-state index contributed by atoms with van der Waals surface area (Å²) in [7, 11) is 1.55. The van der Waals surface area contributed by atoms with Gasteiger partial charge in [-0.2, -0.15) is 0 Å². The molecule has 2 aromatic rings. The van der Waals surface area contributed by atoms with Crippen LogP contribution in [0.5, 0.6) is 0 Å². The number of thiophene rings is 1. The van der Waals surface area contributed by atoms with Crippen LogP contribution < -0.4 is 10.6 Å². The summed E-state index contributed by atoms with van der Waals surface area (Å²) in [4.78, 5) is 43.4. The number of nitrogens with zero attached hydrogens (tertiary/aromatic N) is 2. The zero-order valence-corrected chi connectivity index (χ0v) is 15.9. The molecule has 2 aromatic heterocycles. The molecule has 2 N–H and O–H groups in total. The Hall–Kier alpha value is -2.48. The van der Waals surface area contributed by atoms with Crippen LogP contribution in [0.15, 0.2) is 12.1 Å². The van der Waals surface area contributed by atoms with Crippen molar-refractivity contribution in [1.29, 1.82) is 0 Å². The molecule has 7 nitrogen and oxygen atoms in total. The summed E-state index contributed by atoms with van der Waals surface area (Å²) in [5, 5.41) is 6.07. The summed E-state index contributed by atoms with van der Waals surface area (Å²) >= 11 is 1.25. The van der Waals surface area contributed by atoms with Crippen molar-refractivity contribution in [2.45, 2.75) is 39.2 Å². The number of hydrogen-bond donors (Lipinski definition) is 2. The molecule has 1 aliphatic rings. The molecule has 3 heterocycles. The van der Waals surface area contributed by atoms with E-state index in [9.17, 15) is 14.4 Å². The average molecular weight is 374 g/mol. The lowest BCUT2D eigenvalue weighted by atomic mass is 9.98. The second-order valence-electron chi connectivity index (χ2n) is 6.38. The van der Waals surface area contributed by atoms with Crippen molar-refractivity contribution in [1.82, 2.24) is 15.2 Å². The topological polar surface area (TPSA) is 91.4 Å². The number of amides is 3. The van der Waals surface area contributed by atoms with Crippen molar-refractivity contribution >= 4 is 45.0 Å². The van der Waals surface area contributed by atoms with Crippen molar-refractivity contribution in [2.24, 2.45) is 0 Å². The third kappa shape index (κ3) is 3.41. The molecular weight excluding hydrogens is 352 g/mol. The van der Waals surface area contributed by atoms with Gasteiger partial charge in [0.1, 0.15) is 9.71 Å². The average Bonchev–Trinajstić information content (AvgIpc) is 2.98. The molecule has 0 radical (unpaired) electrons. The number of carbonyl (C=O) groups excluding carboxylic acids is 3. The van der Waals surface area contributed by atoms with Gasteiger partial charge in [0.25, 0.3) is 5.91 Å². The molecule has 1 atom stereocenters. The fourth-order valence-electron chi connectivity index (χ4n) is 3.37. The van der Waals surface area contributed by atoms with E-state index in [-0.39, 0.29) is 23.8 Å². The summed E-state index contributed by atoms with van der Waals surface area (Å²) in [6, 6.07) is 3.72. The first-order valence-corrected chi connectivity index (χ1v) is 9.44. The van der Waals surface area contributed by atoms with Crippen LogP contribution in [-0.2, 0) is 9.59 Å². The van der Waals surface area contributed by atoms with Crippen molar-refractivity contribution in [2.75, 3.05) is 18.9 Å². The normalized spacial score (nSPS) is 17.2. The summed E-state index contributed by atoms with van der Waals surface area (Å²) in [5.74, 6) is -0.456. The van der Waals surface area contributed by atoms with Crippen LogP contribution in [0.1, 0.15) is 54.5 Å². The molecule has 0 saturated carbocycles. The van der Waals surface area contributed by atoms with Crippen molar-refractivity contribution in [3.05, 3.63) is 22.7 Å². The standard InChI is InChI=1S/C18H22N4O3S/c1-10(23)20-15-12-7-8-13(14-6-4-5-9-22(14)11(2)24)21-18(12)26-16(15)17(25)19-3/h7-8,14H,4-6,9H2,1-3H3,(H,19,25)(H,20,23). The van der Waals surface area contributed by atoms with E-state index >= 15 is 0 Å².